The van der Waals surface area contributed by atoms with Gasteiger partial charge in [-0.3, -0.25) is 9.89 Å². The molecule has 0 bridgehead atoms. The number of hydrogen-bond acceptors (Lipinski definition) is 5. The summed E-state index contributed by atoms with van der Waals surface area (Å²) in [6, 6.07) is 3.49. The fourth-order valence-corrected chi connectivity index (χ4v) is 1.27. The van der Waals surface area contributed by atoms with E-state index in [1.54, 1.807) is 12.1 Å². The summed E-state index contributed by atoms with van der Waals surface area (Å²) in [6.45, 7) is 0. The minimum Gasteiger partial charge on any atom is -0.469 e. The predicted molar refractivity (Wildman–Crippen MR) is 55.3 cm³/mol. The van der Waals surface area contributed by atoms with Gasteiger partial charge in [0.15, 0.2) is 0 Å². The topological polar surface area (TPSA) is 89.8 Å². The number of nitrogens with two attached hydrogens (primary N) is 1. The van der Waals surface area contributed by atoms with Gasteiger partial charge in [-0.2, -0.15) is 9.77 Å². The number of H-pyrrole nitrogens is 1. The molecule has 2 aromatic heterocycles. The summed E-state index contributed by atoms with van der Waals surface area (Å²) >= 11 is 4.74. The van der Waals surface area contributed by atoms with Crippen LogP contribution in [0.4, 0.5) is 0 Å². The molecule has 0 aromatic carbocycles. The molecule has 78 valence electrons. The van der Waals surface area contributed by atoms with Gasteiger partial charge in [0.05, 0.1) is 12.7 Å². The highest BCUT2D eigenvalue weighted by molar-refractivity contribution is 7.71. The van der Waals surface area contributed by atoms with Crippen LogP contribution in [-0.2, 0) is 6.42 Å². The summed E-state index contributed by atoms with van der Waals surface area (Å²) in [5.74, 6) is 6.05. The molecule has 0 aliphatic heterocycles. The van der Waals surface area contributed by atoms with Crippen LogP contribution >= 0.6 is 12.2 Å². The van der Waals surface area contributed by atoms with Crippen LogP contribution in [0.5, 0.6) is 0 Å². The lowest BCUT2D eigenvalue weighted by Crippen LogP contribution is -2.32. The van der Waals surface area contributed by atoms with E-state index in [1.807, 2.05) is 0 Å². The molecule has 0 fully saturated rings. The van der Waals surface area contributed by atoms with Gasteiger partial charge in [-0.15, -0.1) is 0 Å². The van der Waals surface area contributed by atoms with Crippen LogP contribution < -0.4 is 11.4 Å². The third kappa shape index (κ3) is 1.82. The third-order valence-corrected chi connectivity index (χ3v) is 2.18. The molecule has 0 amide bonds. The maximum Gasteiger partial charge on any atom is 0.295 e. The summed E-state index contributed by atoms with van der Waals surface area (Å²) in [4.78, 5) is 11.6. The van der Waals surface area contributed by atoms with E-state index in [0.717, 1.165) is 4.68 Å². The van der Waals surface area contributed by atoms with Crippen molar-refractivity contribution in [1.82, 2.24) is 14.9 Å². The number of furan rings is 1. The van der Waals surface area contributed by atoms with Gasteiger partial charge in [0, 0.05) is 0 Å². The second kappa shape index (κ2) is 3.70. The van der Waals surface area contributed by atoms with Gasteiger partial charge in [0.1, 0.15) is 11.5 Å². The Morgan fingerprint density at radius 1 is 1.67 bits per heavy atom. The number of aromatic nitrogens is 3. The highest BCUT2D eigenvalue weighted by atomic mass is 32.1. The highest BCUT2D eigenvalue weighted by Crippen LogP contribution is 2.03. The Balaban J connectivity index is 2.43. The maximum absolute atomic E-state index is 11.6. The monoisotopic (exact) mass is 224 g/mol. The number of nitrogens with one attached hydrogen (secondary N) is 1. The summed E-state index contributed by atoms with van der Waals surface area (Å²) in [7, 11) is 0. The number of nitrogens with zero attached hydrogens (tertiary/aromatic N) is 2. The Kier molecular flexibility index (Phi) is 2.38. The third-order valence-electron chi connectivity index (χ3n) is 1.89. The predicted octanol–water partition coefficient (Wildman–Crippen LogP) is 0.198. The molecule has 7 heteroatoms. The molecule has 0 aliphatic carbocycles. The van der Waals surface area contributed by atoms with Crippen molar-refractivity contribution in [2.24, 2.45) is 0 Å². The van der Waals surface area contributed by atoms with E-state index in [0.29, 0.717) is 5.76 Å². The number of hydrogen-bond donors (Lipinski definition) is 2. The van der Waals surface area contributed by atoms with Crippen molar-refractivity contribution in [1.29, 1.82) is 0 Å². The average molecular weight is 224 g/mol. The largest absolute Gasteiger partial charge is 0.469 e. The van der Waals surface area contributed by atoms with Gasteiger partial charge < -0.3 is 10.3 Å². The average Bonchev–Trinajstić information content (AvgIpc) is 2.72. The molecule has 6 nitrogen and oxygen atoms in total. The summed E-state index contributed by atoms with van der Waals surface area (Å²) in [6.07, 6.45) is 1.82. The molecular formula is C8H8N4O2S. The standard InChI is InChI=1S/C8H8N4O2S/c9-12-7(13)6(10-11-8(12)15)4-5-2-1-3-14-5/h1-3H,4,9H2,(H,11,15). The second-order valence-corrected chi connectivity index (χ2v) is 3.29. The zero-order chi connectivity index (χ0) is 10.8. The van der Waals surface area contributed by atoms with Crippen LogP contribution in [0.25, 0.3) is 0 Å². The van der Waals surface area contributed by atoms with E-state index in [2.05, 4.69) is 10.2 Å². The van der Waals surface area contributed by atoms with Crippen LogP contribution in [0.15, 0.2) is 27.6 Å². The Hall–Kier alpha value is -1.89. The van der Waals surface area contributed by atoms with Gasteiger partial charge in [-0.05, 0) is 24.4 Å². The Morgan fingerprint density at radius 2 is 2.47 bits per heavy atom. The van der Waals surface area contributed by atoms with Crippen molar-refractivity contribution < 1.29 is 4.42 Å². The van der Waals surface area contributed by atoms with Crippen molar-refractivity contribution in [3.63, 3.8) is 0 Å². The van der Waals surface area contributed by atoms with E-state index in [1.165, 1.54) is 6.26 Å². The van der Waals surface area contributed by atoms with E-state index in [9.17, 15) is 4.79 Å². The molecule has 0 saturated heterocycles. The first kappa shape index (κ1) is 9.66. The smallest absolute Gasteiger partial charge is 0.295 e. The molecule has 0 aliphatic rings. The van der Waals surface area contributed by atoms with E-state index < -0.39 is 5.56 Å². The summed E-state index contributed by atoms with van der Waals surface area (Å²) < 4.78 is 6.03. The van der Waals surface area contributed by atoms with Gasteiger partial charge in [0.2, 0.25) is 4.77 Å². The normalized spacial score (nSPS) is 10.4. The van der Waals surface area contributed by atoms with E-state index >= 15 is 0 Å². The lowest BCUT2D eigenvalue weighted by Gasteiger charge is -2.00. The summed E-state index contributed by atoms with van der Waals surface area (Å²) in [5, 5.41) is 6.29. The minimum atomic E-state index is -0.421. The Bertz CT molecular complexity index is 569. The van der Waals surface area contributed by atoms with Crippen molar-refractivity contribution >= 4 is 12.2 Å². The second-order valence-electron chi connectivity index (χ2n) is 2.91. The van der Waals surface area contributed by atoms with Crippen molar-refractivity contribution in [3.05, 3.63) is 45.0 Å². The first-order valence-corrected chi connectivity index (χ1v) is 4.57. The van der Waals surface area contributed by atoms with Gasteiger partial charge in [0.25, 0.3) is 5.56 Å². The lowest BCUT2D eigenvalue weighted by molar-refractivity contribution is 0.516. The zero-order valence-corrected chi connectivity index (χ0v) is 8.45. The van der Waals surface area contributed by atoms with Crippen LogP contribution in [0, 0.1) is 4.77 Å². The fraction of sp³-hybridized carbons (Fsp3) is 0.125. The Morgan fingerprint density at radius 3 is 3.13 bits per heavy atom. The lowest BCUT2D eigenvalue weighted by atomic mass is 10.2. The molecule has 2 aromatic rings. The van der Waals surface area contributed by atoms with E-state index in [-0.39, 0.29) is 16.9 Å². The highest BCUT2D eigenvalue weighted by Gasteiger charge is 2.07. The number of nitrogen functional groups attached to an aromatic ring is 1. The molecular weight excluding hydrogens is 216 g/mol. The molecule has 2 rings (SSSR count). The minimum absolute atomic E-state index is 0.0863. The van der Waals surface area contributed by atoms with Gasteiger partial charge >= 0.3 is 0 Å². The molecule has 3 N–H and O–H groups in total. The zero-order valence-electron chi connectivity index (χ0n) is 7.64. The maximum atomic E-state index is 11.6. The molecule has 0 atom stereocenters. The first-order chi connectivity index (χ1) is 7.18. The molecule has 15 heavy (non-hydrogen) atoms. The quantitative estimate of drug-likeness (QED) is 0.561. The van der Waals surface area contributed by atoms with Crippen LogP contribution in [-0.4, -0.2) is 14.9 Å². The number of rotatable bonds is 2. The van der Waals surface area contributed by atoms with Crippen molar-refractivity contribution in [2.45, 2.75) is 6.42 Å². The molecule has 0 spiro atoms. The van der Waals surface area contributed by atoms with Crippen molar-refractivity contribution in [2.75, 3.05) is 5.84 Å². The molecule has 2 heterocycles. The fourth-order valence-electron chi connectivity index (χ4n) is 1.14. The molecule has 0 unspecified atom stereocenters. The first-order valence-electron chi connectivity index (χ1n) is 4.16. The summed E-state index contributed by atoms with van der Waals surface area (Å²) in [5.41, 5.74) is -0.156. The van der Waals surface area contributed by atoms with Crippen LogP contribution in [0.2, 0.25) is 0 Å². The molecule has 0 saturated carbocycles. The van der Waals surface area contributed by atoms with E-state index in [4.69, 9.17) is 22.5 Å². The SMILES string of the molecule is Nn1c(=S)[nH]nc(Cc2ccco2)c1=O. The van der Waals surface area contributed by atoms with Gasteiger partial charge in [-0.1, -0.05) is 0 Å². The van der Waals surface area contributed by atoms with Gasteiger partial charge in [-0.25, -0.2) is 0 Å². The Labute approximate surface area is 89.3 Å². The van der Waals surface area contributed by atoms with Crippen LogP contribution in [0.1, 0.15) is 11.5 Å². The van der Waals surface area contributed by atoms with Crippen LogP contribution in [0.3, 0.4) is 0 Å². The van der Waals surface area contributed by atoms with Crippen molar-refractivity contribution in [3.8, 4) is 0 Å². The number of aromatic amines is 1. The molecule has 0 radical (unpaired) electrons.